The Labute approximate surface area is 175 Å². The van der Waals surface area contributed by atoms with E-state index in [-0.39, 0.29) is 30.9 Å². The molecule has 1 N–H and O–H groups in total. The van der Waals surface area contributed by atoms with Crippen molar-refractivity contribution in [1.29, 1.82) is 0 Å². The summed E-state index contributed by atoms with van der Waals surface area (Å²) in [5.74, 6) is 2.52. The Morgan fingerprint density at radius 1 is 1.26 bits per heavy atom. The average Bonchev–Trinajstić information content (AvgIpc) is 3.34. The van der Waals surface area contributed by atoms with Gasteiger partial charge in [-0.2, -0.15) is 0 Å². The highest BCUT2D eigenvalue weighted by molar-refractivity contribution is 7.13. The van der Waals surface area contributed by atoms with Gasteiger partial charge in [-0.25, -0.2) is 4.98 Å². The van der Waals surface area contributed by atoms with Gasteiger partial charge in [0, 0.05) is 25.2 Å². The summed E-state index contributed by atoms with van der Waals surface area (Å²) in [6, 6.07) is 12.5. The first-order valence-electron chi connectivity index (χ1n) is 8.41. The molecule has 0 aliphatic carbocycles. The van der Waals surface area contributed by atoms with Crippen molar-refractivity contribution >= 4 is 36.2 Å². The monoisotopic (exact) mass is 427 g/mol. The minimum atomic E-state index is 0. The molecule has 3 aromatic rings. The standard InChI is InChI=1S/C19H21N3O2S.2ClH/c1-23-16-6-3-2-5-14(16)15-11-20-8-9-22(15)13-19-21-12-17(24-19)18-7-4-10-25-18;;/h2-7,10,12,15,20H,8-9,11,13H2,1H3;2*1H. The van der Waals surface area contributed by atoms with Crippen molar-refractivity contribution in [3.05, 3.63) is 59.4 Å². The molecule has 0 spiro atoms. The van der Waals surface area contributed by atoms with Crippen molar-refractivity contribution < 1.29 is 9.15 Å². The van der Waals surface area contributed by atoms with E-state index < -0.39 is 0 Å². The van der Waals surface area contributed by atoms with Crippen LogP contribution in [0.25, 0.3) is 10.6 Å². The zero-order chi connectivity index (χ0) is 17.1. The first kappa shape index (κ1) is 21.7. The SMILES string of the molecule is COc1ccccc1C1CNCCN1Cc1ncc(-c2cccs2)o1.Cl.Cl. The minimum Gasteiger partial charge on any atom is -0.496 e. The van der Waals surface area contributed by atoms with E-state index in [1.54, 1.807) is 18.4 Å². The van der Waals surface area contributed by atoms with Crippen LogP contribution in [0, 0.1) is 0 Å². The number of oxazole rings is 1. The van der Waals surface area contributed by atoms with Crippen LogP contribution >= 0.6 is 36.2 Å². The zero-order valence-electron chi connectivity index (χ0n) is 15.0. The lowest BCUT2D eigenvalue weighted by molar-refractivity contribution is 0.138. The van der Waals surface area contributed by atoms with E-state index in [9.17, 15) is 0 Å². The number of rotatable bonds is 5. The maximum absolute atomic E-state index is 5.98. The minimum absolute atomic E-state index is 0. The molecule has 3 heterocycles. The molecular weight excluding hydrogens is 405 g/mol. The van der Waals surface area contributed by atoms with Gasteiger partial charge >= 0.3 is 0 Å². The highest BCUT2D eigenvalue weighted by Crippen LogP contribution is 2.32. The van der Waals surface area contributed by atoms with E-state index in [1.165, 1.54) is 5.56 Å². The van der Waals surface area contributed by atoms with E-state index >= 15 is 0 Å². The average molecular weight is 428 g/mol. The second-order valence-electron chi connectivity index (χ2n) is 6.03. The molecule has 4 rings (SSSR count). The number of nitrogens with one attached hydrogen (secondary N) is 1. The van der Waals surface area contributed by atoms with E-state index in [4.69, 9.17) is 9.15 Å². The van der Waals surface area contributed by atoms with Crippen LogP contribution in [-0.2, 0) is 6.54 Å². The highest BCUT2D eigenvalue weighted by Gasteiger charge is 2.27. The molecule has 27 heavy (non-hydrogen) atoms. The summed E-state index contributed by atoms with van der Waals surface area (Å²) in [7, 11) is 1.72. The Kier molecular flexibility index (Phi) is 8.13. The third-order valence-electron chi connectivity index (χ3n) is 4.51. The number of nitrogens with zero attached hydrogens (tertiary/aromatic N) is 2. The van der Waals surface area contributed by atoms with Crippen molar-refractivity contribution in [3.63, 3.8) is 0 Å². The number of ether oxygens (including phenoxy) is 1. The fourth-order valence-corrected chi connectivity index (χ4v) is 3.95. The van der Waals surface area contributed by atoms with E-state index in [0.29, 0.717) is 6.54 Å². The van der Waals surface area contributed by atoms with E-state index in [1.807, 2.05) is 29.8 Å². The molecule has 0 amide bonds. The molecule has 1 aromatic carbocycles. The Morgan fingerprint density at radius 3 is 2.89 bits per heavy atom. The molecule has 2 aromatic heterocycles. The Morgan fingerprint density at radius 2 is 2.11 bits per heavy atom. The normalized spacial score (nSPS) is 17.0. The van der Waals surface area contributed by atoms with Gasteiger partial charge in [-0.15, -0.1) is 36.2 Å². The van der Waals surface area contributed by atoms with Crippen LogP contribution < -0.4 is 10.1 Å². The molecule has 1 atom stereocenters. The summed E-state index contributed by atoms with van der Waals surface area (Å²) in [6.07, 6.45) is 1.82. The third-order valence-corrected chi connectivity index (χ3v) is 5.39. The predicted octanol–water partition coefficient (Wildman–Crippen LogP) is 4.40. The van der Waals surface area contributed by atoms with Crippen LogP contribution in [0.4, 0.5) is 0 Å². The number of hydrogen-bond donors (Lipinski definition) is 1. The molecule has 146 valence electrons. The lowest BCUT2D eigenvalue weighted by Gasteiger charge is -2.36. The number of para-hydroxylation sites is 1. The maximum Gasteiger partial charge on any atom is 0.209 e. The van der Waals surface area contributed by atoms with Crippen molar-refractivity contribution in [2.24, 2.45) is 0 Å². The summed E-state index contributed by atoms with van der Waals surface area (Å²) < 4.78 is 11.5. The molecule has 0 saturated carbocycles. The molecule has 1 aliphatic heterocycles. The molecule has 0 bridgehead atoms. The van der Waals surface area contributed by atoms with Crippen LogP contribution in [-0.4, -0.2) is 36.6 Å². The van der Waals surface area contributed by atoms with Gasteiger partial charge in [0.15, 0.2) is 5.76 Å². The van der Waals surface area contributed by atoms with Crippen LogP contribution in [0.5, 0.6) is 5.75 Å². The van der Waals surface area contributed by atoms with E-state index in [2.05, 4.69) is 33.4 Å². The van der Waals surface area contributed by atoms with Crippen LogP contribution in [0.15, 0.2) is 52.4 Å². The maximum atomic E-state index is 5.98. The Bertz CT molecular complexity index is 826. The number of halogens is 2. The molecule has 1 unspecified atom stereocenters. The van der Waals surface area contributed by atoms with Crippen LogP contribution in [0.2, 0.25) is 0 Å². The first-order valence-corrected chi connectivity index (χ1v) is 9.29. The van der Waals surface area contributed by atoms with Gasteiger partial charge in [0.1, 0.15) is 5.75 Å². The number of thiophene rings is 1. The second kappa shape index (κ2) is 10.1. The fraction of sp³-hybridized carbons (Fsp3) is 0.316. The van der Waals surface area contributed by atoms with Crippen molar-refractivity contribution in [2.45, 2.75) is 12.6 Å². The quantitative estimate of drug-likeness (QED) is 0.653. The summed E-state index contributed by atoms with van der Waals surface area (Å²) in [6.45, 7) is 3.48. The molecule has 1 fully saturated rings. The Balaban J connectivity index is 0.00000131. The third kappa shape index (κ3) is 4.83. The first-order chi connectivity index (χ1) is 12.3. The zero-order valence-corrected chi connectivity index (χ0v) is 17.4. The molecule has 0 radical (unpaired) electrons. The smallest absolute Gasteiger partial charge is 0.209 e. The number of aromatic nitrogens is 1. The molecule has 8 heteroatoms. The molecule has 1 aliphatic rings. The fourth-order valence-electron chi connectivity index (χ4n) is 3.27. The molecule has 5 nitrogen and oxygen atoms in total. The van der Waals surface area contributed by atoms with Gasteiger partial charge < -0.3 is 14.5 Å². The summed E-state index contributed by atoms with van der Waals surface area (Å²) >= 11 is 1.66. The van der Waals surface area contributed by atoms with Crippen molar-refractivity contribution in [3.8, 4) is 16.4 Å². The highest BCUT2D eigenvalue weighted by atomic mass is 35.5. The molecule has 1 saturated heterocycles. The number of hydrogen-bond acceptors (Lipinski definition) is 6. The predicted molar refractivity (Wildman–Crippen MR) is 113 cm³/mol. The number of methoxy groups -OCH3 is 1. The summed E-state index contributed by atoms with van der Waals surface area (Å²) in [5.41, 5.74) is 1.20. The number of benzene rings is 1. The Hall–Kier alpha value is -1.57. The van der Waals surface area contributed by atoms with Crippen molar-refractivity contribution in [1.82, 2.24) is 15.2 Å². The number of piperazine rings is 1. The van der Waals surface area contributed by atoms with Gasteiger partial charge in [-0.1, -0.05) is 24.3 Å². The van der Waals surface area contributed by atoms with Gasteiger partial charge in [-0.3, -0.25) is 4.90 Å². The van der Waals surface area contributed by atoms with Crippen LogP contribution in [0.3, 0.4) is 0 Å². The van der Waals surface area contributed by atoms with Gasteiger partial charge in [0.2, 0.25) is 5.89 Å². The largest absolute Gasteiger partial charge is 0.496 e. The van der Waals surface area contributed by atoms with Gasteiger partial charge in [-0.05, 0) is 17.5 Å². The topological polar surface area (TPSA) is 50.5 Å². The van der Waals surface area contributed by atoms with Gasteiger partial charge in [0.25, 0.3) is 0 Å². The summed E-state index contributed by atoms with van der Waals surface area (Å²) in [5, 5.41) is 5.53. The van der Waals surface area contributed by atoms with Crippen LogP contribution in [0.1, 0.15) is 17.5 Å². The lowest BCUT2D eigenvalue weighted by atomic mass is 10.0. The lowest BCUT2D eigenvalue weighted by Crippen LogP contribution is -2.45. The van der Waals surface area contributed by atoms with Gasteiger partial charge in [0.05, 0.1) is 30.8 Å². The van der Waals surface area contributed by atoms with Crippen molar-refractivity contribution in [2.75, 3.05) is 26.7 Å². The summed E-state index contributed by atoms with van der Waals surface area (Å²) in [4.78, 5) is 8.00. The second-order valence-corrected chi connectivity index (χ2v) is 6.98. The van der Waals surface area contributed by atoms with E-state index in [0.717, 1.165) is 41.9 Å². The molecular formula is C19H23Cl2N3O2S.